The number of unbranched alkanes of at least 4 members (excludes halogenated alkanes) is 1. The van der Waals surface area contributed by atoms with Gasteiger partial charge in [0.1, 0.15) is 11.3 Å². The first-order valence-corrected chi connectivity index (χ1v) is 9.75. The highest BCUT2D eigenvalue weighted by molar-refractivity contribution is 5.90. The summed E-state index contributed by atoms with van der Waals surface area (Å²) in [5.41, 5.74) is 3.53. The summed E-state index contributed by atoms with van der Waals surface area (Å²) in [6, 6.07) is 12.7. The van der Waals surface area contributed by atoms with Gasteiger partial charge in [-0.3, -0.25) is 0 Å². The second kappa shape index (κ2) is 7.99. The van der Waals surface area contributed by atoms with E-state index in [0.29, 0.717) is 24.4 Å². The Hall–Kier alpha value is -3.28. The highest BCUT2D eigenvalue weighted by atomic mass is 16.5. The van der Waals surface area contributed by atoms with Gasteiger partial charge in [-0.15, -0.1) is 0 Å². The maximum absolute atomic E-state index is 12.2. The van der Waals surface area contributed by atoms with E-state index in [1.165, 1.54) is 7.11 Å². The quantitative estimate of drug-likeness (QED) is 0.476. The van der Waals surface area contributed by atoms with Crippen molar-refractivity contribution in [1.82, 2.24) is 0 Å². The van der Waals surface area contributed by atoms with Gasteiger partial charge in [0.25, 0.3) is 0 Å². The lowest BCUT2D eigenvalue weighted by molar-refractivity contribution is 0.0600. The molecule has 2 aromatic carbocycles. The first kappa shape index (κ1) is 19.1. The zero-order valence-corrected chi connectivity index (χ0v) is 16.6. The number of rotatable bonds is 5. The number of hydrogen-bond acceptors (Lipinski definition) is 6. The maximum Gasteiger partial charge on any atom is 0.337 e. The minimum absolute atomic E-state index is 0.337. The Morgan fingerprint density at radius 2 is 1.97 bits per heavy atom. The normalized spacial score (nSPS) is 13.1. The third kappa shape index (κ3) is 3.70. The fourth-order valence-corrected chi connectivity index (χ4v) is 3.66. The van der Waals surface area contributed by atoms with E-state index in [1.807, 2.05) is 29.2 Å². The molecule has 1 aliphatic rings. The maximum atomic E-state index is 12.2. The predicted molar refractivity (Wildman–Crippen MR) is 111 cm³/mol. The van der Waals surface area contributed by atoms with Gasteiger partial charge in [0.05, 0.1) is 24.8 Å². The Morgan fingerprint density at radius 3 is 2.69 bits per heavy atom. The van der Waals surface area contributed by atoms with E-state index in [2.05, 4.69) is 6.92 Å². The molecule has 1 aliphatic heterocycles. The number of aryl methyl sites for hydroxylation is 1. The number of carbonyl (C=O) groups excluding carboxylic acids is 1. The van der Waals surface area contributed by atoms with E-state index < -0.39 is 0 Å². The van der Waals surface area contributed by atoms with Gasteiger partial charge in [0, 0.05) is 17.1 Å². The number of anilines is 1. The average Bonchev–Trinajstić information content (AvgIpc) is 2.76. The monoisotopic (exact) mass is 393 g/mol. The van der Waals surface area contributed by atoms with Gasteiger partial charge < -0.3 is 18.8 Å². The summed E-state index contributed by atoms with van der Waals surface area (Å²) in [7, 11) is 1.36. The van der Waals surface area contributed by atoms with Gasteiger partial charge in [0.15, 0.2) is 6.73 Å². The second-order valence-corrected chi connectivity index (χ2v) is 7.12. The van der Waals surface area contributed by atoms with Gasteiger partial charge in [-0.25, -0.2) is 9.59 Å². The first-order chi connectivity index (χ1) is 14.1. The van der Waals surface area contributed by atoms with Crippen LogP contribution in [-0.4, -0.2) is 19.8 Å². The molecule has 0 aliphatic carbocycles. The van der Waals surface area contributed by atoms with Crippen molar-refractivity contribution in [3.63, 3.8) is 0 Å². The number of fused-ring (bicyclic) bond motifs is 3. The molecule has 3 aromatic rings. The third-order valence-electron chi connectivity index (χ3n) is 5.24. The summed E-state index contributed by atoms with van der Waals surface area (Å²) in [5.74, 6) is 0.361. The van der Waals surface area contributed by atoms with E-state index in [9.17, 15) is 9.59 Å². The number of esters is 1. The van der Waals surface area contributed by atoms with Crippen molar-refractivity contribution in [2.45, 2.75) is 32.7 Å². The number of methoxy groups -OCH3 is 1. The zero-order valence-electron chi connectivity index (χ0n) is 16.6. The number of benzene rings is 2. The molecule has 2 heterocycles. The fraction of sp³-hybridized carbons (Fsp3) is 0.304. The lowest BCUT2D eigenvalue weighted by Gasteiger charge is -2.31. The van der Waals surface area contributed by atoms with E-state index in [1.54, 1.807) is 18.2 Å². The summed E-state index contributed by atoms with van der Waals surface area (Å²) in [6.07, 6.45) is 2.92. The molecule has 0 N–H and O–H groups in total. The summed E-state index contributed by atoms with van der Waals surface area (Å²) in [5, 5.41) is 0.961. The Labute approximate surface area is 168 Å². The smallest absolute Gasteiger partial charge is 0.337 e. The summed E-state index contributed by atoms with van der Waals surface area (Å²) >= 11 is 0. The molecule has 0 amide bonds. The van der Waals surface area contributed by atoms with E-state index in [4.69, 9.17) is 13.9 Å². The van der Waals surface area contributed by atoms with Crippen LogP contribution in [0.3, 0.4) is 0 Å². The molecule has 0 atom stereocenters. The highest BCUT2D eigenvalue weighted by Crippen LogP contribution is 2.35. The highest BCUT2D eigenvalue weighted by Gasteiger charge is 2.23. The van der Waals surface area contributed by atoms with Crippen LogP contribution in [0.25, 0.3) is 11.0 Å². The molecule has 0 unspecified atom stereocenters. The summed E-state index contributed by atoms with van der Waals surface area (Å²) in [4.78, 5) is 25.8. The Morgan fingerprint density at radius 1 is 1.17 bits per heavy atom. The van der Waals surface area contributed by atoms with E-state index in [-0.39, 0.29) is 11.6 Å². The van der Waals surface area contributed by atoms with Crippen LogP contribution in [0.5, 0.6) is 5.75 Å². The van der Waals surface area contributed by atoms with Crippen LogP contribution in [0.1, 0.15) is 41.3 Å². The van der Waals surface area contributed by atoms with Crippen molar-refractivity contribution < 1.29 is 18.7 Å². The van der Waals surface area contributed by atoms with Crippen LogP contribution in [0.4, 0.5) is 5.69 Å². The molecule has 6 heteroatoms. The lowest BCUT2D eigenvalue weighted by atomic mass is 10.0. The Balaban J connectivity index is 1.70. The van der Waals surface area contributed by atoms with Gasteiger partial charge in [-0.2, -0.15) is 0 Å². The summed E-state index contributed by atoms with van der Waals surface area (Å²) in [6.45, 7) is 3.05. The molecule has 6 nitrogen and oxygen atoms in total. The first-order valence-electron chi connectivity index (χ1n) is 9.75. The van der Waals surface area contributed by atoms with Gasteiger partial charge in [-0.05, 0) is 54.8 Å². The van der Waals surface area contributed by atoms with E-state index >= 15 is 0 Å². The molecule has 0 saturated carbocycles. The molecule has 0 bridgehead atoms. The van der Waals surface area contributed by atoms with Crippen LogP contribution < -0.4 is 15.3 Å². The molecule has 29 heavy (non-hydrogen) atoms. The second-order valence-electron chi connectivity index (χ2n) is 7.12. The standard InChI is InChI=1S/C23H23NO5/c1-3-4-5-16-12-21(25)29-22-18(16)10-11-20-19(22)13-24(14-28-20)17-8-6-15(7-9-17)23(26)27-2/h6-12H,3-5,13-14H2,1-2H3. The van der Waals surface area contributed by atoms with Crippen molar-refractivity contribution in [2.24, 2.45) is 0 Å². The minimum Gasteiger partial charge on any atom is -0.473 e. The van der Waals surface area contributed by atoms with Crippen molar-refractivity contribution in [3.05, 3.63) is 69.6 Å². The fourth-order valence-electron chi connectivity index (χ4n) is 3.66. The van der Waals surface area contributed by atoms with Crippen LogP contribution in [-0.2, 0) is 17.7 Å². The van der Waals surface area contributed by atoms with Crippen molar-refractivity contribution in [3.8, 4) is 5.75 Å². The Kier molecular flexibility index (Phi) is 5.25. The number of ether oxygens (including phenoxy) is 2. The number of hydrogen-bond donors (Lipinski definition) is 0. The molecule has 1 aromatic heterocycles. The molecular weight excluding hydrogens is 370 g/mol. The molecule has 150 valence electrons. The lowest BCUT2D eigenvalue weighted by Crippen LogP contribution is -2.32. The SMILES string of the molecule is CCCCc1cc(=O)oc2c3c(ccc12)OCN(c1ccc(C(=O)OC)cc1)C3. The van der Waals surface area contributed by atoms with Crippen LogP contribution in [0, 0.1) is 0 Å². The van der Waals surface area contributed by atoms with Crippen molar-refractivity contribution >= 4 is 22.6 Å². The van der Waals surface area contributed by atoms with Gasteiger partial charge in [-0.1, -0.05) is 13.3 Å². The average molecular weight is 393 g/mol. The van der Waals surface area contributed by atoms with Crippen LogP contribution in [0.2, 0.25) is 0 Å². The topological polar surface area (TPSA) is 69.0 Å². The predicted octanol–water partition coefficient (Wildman–Crippen LogP) is 4.28. The third-order valence-corrected chi connectivity index (χ3v) is 5.24. The molecule has 0 radical (unpaired) electrons. The van der Waals surface area contributed by atoms with Gasteiger partial charge >= 0.3 is 11.6 Å². The van der Waals surface area contributed by atoms with Crippen LogP contribution in [0.15, 0.2) is 51.7 Å². The van der Waals surface area contributed by atoms with E-state index in [0.717, 1.165) is 47.2 Å². The summed E-state index contributed by atoms with van der Waals surface area (Å²) < 4.78 is 16.3. The number of carbonyl (C=O) groups is 1. The van der Waals surface area contributed by atoms with Crippen LogP contribution >= 0.6 is 0 Å². The van der Waals surface area contributed by atoms with Gasteiger partial charge in [0.2, 0.25) is 0 Å². The largest absolute Gasteiger partial charge is 0.473 e. The van der Waals surface area contributed by atoms with Crippen molar-refractivity contribution in [1.29, 1.82) is 0 Å². The molecule has 0 spiro atoms. The zero-order chi connectivity index (χ0) is 20.4. The number of nitrogens with zero attached hydrogens (tertiary/aromatic N) is 1. The minimum atomic E-state index is -0.371. The molecule has 0 fully saturated rings. The molecular formula is C23H23NO5. The molecule has 0 saturated heterocycles. The van der Waals surface area contributed by atoms with Crippen molar-refractivity contribution in [2.75, 3.05) is 18.7 Å². The Bertz CT molecular complexity index is 1100. The molecule has 4 rings (SSSR count).